The summed E-state index contributed by atoms with van der Waals surface area (Å²) >= 11 is 0. The van der Waals surface area contributed by atoms with E-state index in [1.807, 2.05) is 0 Å². The summed E-state index contributed by atoms with van der Waals surface area (Å²) in [6, 6.07) is 0.395. The van der Waals surface area contributed by atoms with Crippen molar-refractivity contribution in [1.29, 1.82) is 0 Å². The van der Waals surface area contributed by atoms with E-state index in [0.717, 1.165) is 25.8 Å². The zero-order valence-corrected chi connectivity index (χ0v) is 8.58. The first-order chi connectivity index (χ1) is 6.79. The van der Waals surface area contributed by atoms with E-state index < -0.39 is 0 Å². The molecule has 2 fully saturated rings. The molecule has 2 atom stereocenters. The second kappa shape index (κ2) is 4.28. The molecular weight excluding hydrogens is 180 g/mol. The molecule has 1 heterocycles. The van der Waals surface area contributed by atoms with E-state index in [2.05, 4.69) is 10.6 Å². The molecule has 14 heavy (non-hydrogen) atoms. The number of rotatable bonds is 3. The van der Waals surface area contributed by atoms with Crippen LogP contribution in [0.1, 0.15) is 25.7 Å². The van der Waals surface area contributed by atoms with Crippen LogP contribution in [0.15, 0.2) is 0 Å². The minimum Gasteiger partial charge on any atom is -0.380 e. The van der Waals surface area contributed by atoms with Crippen molar-refractivity contribution in [2.45, 2.75) is 43.9 Å². The van der Waals surface area contributed by atoms with Crippen LogP contribution in [0.25, 0.3) is 0 Å². The second-order valence-electron chi connectivity index (χ2n) is 4.19. The summed E-state index contributed by atoms with van der Waals surface area (Å²) in [6.45, 7) is 0.791. The second-order valence-corrected chi connectivity index (χ2v) is 4.19. The van der Waals surface area contributed by atoms with Gasteiger partial charge in [0.1, 0.15) is 0 Å². The Morgan fingerprint density at radius 2 is 2.29 bits per heavy atom. The van der Waals surface area contributed by atoms with Crippen molar-refractivity contribution in [1.82, 2.24) is 10.6 Å². The van der Waals surface area contributed by atoms with Crippen LogP contribution >= 0.6 is 0 Å². The van der Waals surface area contributed by atoms with Crippen LogP contribution in [-0.4, -0.2) is 37.7 Å². The topological polar surface area (TPSA) is 50.4 Å². The van der Waals surface area contributed by atoms with Gasteiger partial charge in [0.2, 0.25) is 5.91 Å². The lowest BCUT2D eigenvalue weighted by molar-refractivity contribution is -0.124. The summed E-state index contributed by atoms with van der Waals surface area (Å²) in [5.41, 5.74) is 0. The van der Waals surface area contributed by atoms with Crippen molar-refractivity contribution in [3.05, 3.63) is 0 Å². The Hall–Kier alpha value is -0.610. The third-order valence-electron chi connectivity index (χ3n) is 3.19. The molecule has 1 aliphatic carbocycles. The Balaban J connectivity index is 1.74. The van der Waals surface area contributed by atoms with Gasteiger partial charge < -0.3 is 15.4 Å². The molecule has 4 nitrogen and oxygen atoms in total. The van der Waals surface area contributed by atoms with Gasteiger partial charge in [-0.15, -0.1) is 0 Å². The predicted octanol–water partition coefficient (Wildman–Crippen LogP) is 0.0320. The number of methoxy groups -OCH3 is 1. The van der Waals surface area contributed by atoms with Crippen LogP contribution in [0.4, 0.5) is 0 Å². The van der Waals surface area contributed by atoms with Crippen LogP contribution in [-0.2, 0) is 9.53 Å². The average molecular weight is 198 g/mol. The maximum Gasteiger partial charge on any atom is 0.237 e. The molecule has 2 aliphatic rings. The van der Waals surface area contributed by atoms with Crippen LogP contribution in [0.3, 0.4) is 0 Å². The van der Waals surface area contributed by atoms with E-state index in [9.17, 15) is 4.79 Å². The fourth-order valence-corrected chi connectivity index (χ4v) is 1.94. The molecule has 1 aliphatic heterocycles. The summed E-state index contributed by atoms with van der Waals surface area (Å²) in [6.07, 6.45) is 4.55. The summed E-state index contributed by atoms with van der Waals surface area (Å²) in [4.78, 5) is 11.7. The van der Waals surface area contributed by atoms with Crippen LogP contribution in [0, 0.1) is 0 Å². The fourth-order valence-electron chi connectivity index (χ4n) is 1.94. The highest BCUT2D eigenvalue weighted by Crippen LogP contribution is 2.19. The maximum absolute atomic E-state index is 11.7. The lowest BCUT2D eigenvalue weighted by Gasteiger charge is -2.27. The zero-order valence-electron chi connectivity index (χ0n) is 8.58. The number of ether oxygens (including phenoxy) is 1. The predicted molar refractivity (Wildman–Crippen MR) is 53.0 cm³/mol. The van der Waals surface area contributed by atoms with E-state index in [4.69, 9.17) is 4.74 Å². The first-order valence-electron chi connectivity index (χ1n) is 5.36. The molecule has 2 N–H and O–H groups in total. The molecule has 80 valence electrons. The van der Waals surface area contributed by atoms with Crippen molar-refractivity contribution < 1.29 is 9.53 Å². The Morgan fingerprint density at radius 3 is 2.79 bits per heavy atom. The summed E-state index contributed by atoms with van der Waals surface area (Å²) in [7, 11) is 1.69. The molecule has 0 bridgehead atoms. The van der Waals surface area contributed by atoms with E-state index in [0.29, 0.717) is 6.04 Å². The molecule has 2 rings (SSSR count). The van der Waals surface area contributed by atoms with Crippen molar-refractivity contribution in [2.75, 3.05) is 13.7 Å². The molecule has 1 saturated carbocycles. The third kappa shape index (κ3) is 2.07. The van der Waals surface area contributed by atoms with Gasteiger partial charge in [-0.05, 0) is 25.7 Å². The summed E-state index contributed by atoms with van der Waals surface area (Å²) in [5, 5.41) is 6.22. The van der Waals surface area contributed by atoms with E-state index in [1.54, 1.807) is 7.11 Å². The number of hydrogen-bond donors (Lipinski definition) is 2. The van der Waals surface area contributed by atoms with Crippen molar-refractivity contribution in [3.63, 3.8) is 0 Å². The van der Waals surface area contributed by atoms with Gasteiger partial charge in [-0.3, -0.25) is 4.79 Å². The molecule has 1 amide bonds. The van der Waals surface area contributed by atoms with E-state index in [-0.39, 0.29) is 18.1 Å². The number of carbonyl (C=O) groups excluding carboxylic acids is 1. The average Bonchev–Trinajstić information content (AvgIpc) is 2.59. The van der Waals surface area contributed by atoms with Crippen molar-refractivity contribution in [3.8, 4) is 0 Å². The molecule has 1 saturated heterocycles. The molecule has 0 radical (unpaired) electrons. The smallest absolute Gasteiger partial charge is 0.237 e. The highest BCUT2D eigenvalue weighted by atomic mass is 16.5. The molecule has 0 spiro atoms. The molecule has 4 heteroatoms. The molecular formula is C10H18N2O2. The fraction of sp³-hybridized carbons (Fsp3) is 0.900. The largest absolute Gasteiger partial charge is 0.380 e. The lowest BCUT2D eigenvalue weighted by atomic mass is 9.93. The summed E-state index contributed by atoms with van der Waals surface area (Å²) in [5.74, 6) is 0.147. The van der Waals surface area contributed by atoms with Crippen molar-refractivity contribution >= 4 is 5.91 Å². The minimum absolute atomic E-state index is 0.0412. The molecule has 0 aromatic heterocycles. The van der Waals surface area contributed by atoms with Gasteiger partial charge in [0, 0.05) is 19.7 Å². The number of hydrogen-bond acceptors (Lipinski definition) is 3. The Morgan fingerprint density at radius 1 is 1.50 bits per heavy atom. The lowest BCUT2D eigenvalue weighted by Crippen LogP contribution is -2.47. The number of carbonyl (C=O) groups is 1. The van der Waals surface area contributed by atoms with Gasteiger partial charge in [-0.2, -0.15) is 0 Å². The van der Waals surface area contributed by atoms with Gasteiger partial charge in [0.15, 0.2) is 0 Å². The third-order valence-corrected chi connectivity index (χ3v) is 3.19. The molecule has 0 aromatic rings. The first kappa shape index (κ1) is 9.93. The minimum atomic E-state index is -0.0412. The van der Waals surface area contributed by atoms with Gasteiger partial charge in [0.05, 0.1) is 12.1 Å². The van der Waals surface area contributed by atoms with Gasteiger partial charge in [0.25, 0.3) is 0 Å². The van der Waals surface area contributed by atoms with Crippen LogP contribution in [0.2, 0.25) is 0 Å². The van der Waals surface area contributed by atoms with Crippen molar-refractivity contribution in [2.24, 2.45) is 0 Å². The number of amides is 1. The monoisotopic (exact) mass is 198 g/mol. The number of nitrogens with one attached hydrogen (secondary N) is 2. The van der Waals surface area contributed by atoms with Crippen LogP contribution in [0.5, 0.6) is 0 Å². The Kier molecular flexibility index (Phi) is 3.03. The quantitative estimate of drug-likeness (QED) is 0.673. The van der Waals surface area contributed by atoms with Crippen LogP contribution < -0.4 is 10.6 Å². The molecule has 0 unspecified atom stereocenters. The molecule has 0 aromatic carbocycles. The summed E-state index contributed by atoms with van der Waals surface area (Å²) < 4.78 is 5.19. The first-order valence-corrected chi connectivity index (χ1v) is 5.36. The van der Waals surface area contributed by atoms with Gasteiger partial charge in [-0.1, -0.05) is 0 Å². The van der Waals surface area contributed by atoms with E-state index in [1.165, 1.54) is 6.42 Å². The standard InChI is InChI=1S/C10H18N2O2/c1-14-8-5-9(11-6-8)10(13)12-7-3-2-4-7/h7-9,11H,2-6H2,1H3,(H,12,13)/t8-,9+/m1/s1. The zero-order chi connectivity index (χ0) is 9.97. The SMILES string of the molecule is CO[C@H]1CN[C@H](C(=O)NC2CCC2)C1. The highest BCUT2D eigenvalue weighted by molar-refractivity contribution is 5.82. The Labute approximate surface area is 84.4 Å². The van der Waals surface area contributed by atoms with Gasteiger partial charge in [-0.25, -0.2) is 0 Å². The normalized spacial score (nSPS) is 32.6. The highest BCUT2D eigenvalue weighted by Gasteiger charge is 2.31. The Bertz CT molecular complexity index is 216. The van der Waals surface area contributed by atoms with Gasteiger partial charge >= 0.3 is 0 Å². The maximum atomic E-state index is 11.7. The van der Waals surface area contributed by atoms with E-state index >= 15 is 0 Å².